The smallest absolute Gasteiger partial charge is 0.265 e. The van der Waals surface area contributed by atoms with Gasteiger partial charge in [-0.25, -0.2) is 0 Å². The summed E-state index contributed by atoms with van der Waals surface area (Å²) in [5, 5.41) is 14.5. The van der Waals surface area contributed by atoms with Gasteiger partial charge in [0.25, 0.3) is 5.91 Å². The van der Waals surface area contributed by atoms with Gasteiger partial charge >= 0.3 is 0 Å². The monoisotopic (exact) mass is 528 g/mol. The molecule has 9 heteroatoms. The van der Waals surface area contributed by atoms with Gasteiger partial charge in [-0.15, -0.1) is 11.3 Å². The summed E-state index contributed by atoms with van der Waals surface area (Å²) in [6.45, 7) is 7.53. The van der Waals surface area contributed by atoms with Crippen LogP contribution in [0.1, 0.15) is 54.9 Å². The summed E-state index contributed by atoms with van der Waals surface area (Å²) in [6, 6.07) is 12.6. The van der Waals surface area contributed by atoms with E-state index in [1.807, 2.05) is 45.0 Å². The molecule has 4 rings (SSSR count). The fourth-order valence-electron chi connectivity index (χ4n) is 5.40. The van der Waals surface area contributed by atoms with Gasteiger partial charge in [0.1, 0.15) is 22.9 Å². The molecule has 1 aliphatic heterocycles. The van der Waals surface area contributed by atoms with E-state index >= 15 is 0 Å². The number of carbonyl (C=O) groups is 2. The topological polar surface area (TPSA) is 88.1 Å². The molecule has 0 saturated carbocycles. The fourth-order valence-corrected chi connectivity index (χ4v) is 6.34. The SMILES string of the molecule is COc1ccc(C2(C)CC(C)(C)N(C(C)=O)c3cc(OC)c(NC(=O)c4ccc(Cl)s4)c(O)c32)cc1. The van der Waals surface area contributed by atoms with Crippen molar-refractivity contribution < 1.29 is 24.2 Å². The molecule has 0 saturated heterocycles. The van der Waals surface area contributed by atoms with Crippen molar-refractivity contribution >= 4 is 46.1 Å². The van der Waals surface area contributed by atoms with Crippen LogP contribution in [-0.4, -0.2) is 36.7 Å². The number of nitrogens with zero attached hydrogens (tertiary/aromatic N) is 1. The van der Waals surface area contributed by atoms with Crippen molar-refractivity contribution in [2.75, 3.05) is 24.4 Å². The molecule has 2 amide bonds. The Morgan fingerprint density at radius 2 is 1.75 bits per heavy atom. The molecule has 0 aliphatic carbocycles. The van der Waals surface area contributed by atoms with Crippen LogP contribution < -0.4 is 19.7 Å². The van der Waals surface area contributed by atoms with Crippen molar-refractivity contribution in [2.24, 2.45) is 0 Å². The lowest BCUT2D eigenvalue weighted by Gasteiger charge is -2.51. The van der Waals surface area contributed by atoms with Crippen molar-refractivity contribution in [2.45, 2.75) is 45.1 Å². The summed E-state index contributed by atoms with van der Waals surface area (Å²) in [5.41, 5.74) is 0.839. The largest absolute Gasteiger partial charge is 0.505 e. The maximum absolute atomic E-state index is 13.0. The Hall–Kier alpha value is -3.23. The van der Waals surface area contributed by atoms with E-state index in [0.29, 0.717) is 32.6 Å². The number of methoxy groups -OCH3 is 2. The molecule has 3 aromatic rings. The van der Waals surface area contributed by atoms with Gasteiger partial charge in [0, 0.05) is 29.5 Å². The lowest BCUT2D eigenvalue weighted by atomic mass is 9.64. The van der Waals surface area contributed by atoms with E-state index < -0.39 is 16.9 Å². The van der Waals surface area contributed by atoms with E-state index in [1.54, 1.807) is 30.2 Å². The van der Waals surface area contributed by atoms with Crippen LogP contribution in [0, 0.1) is 0 Å². The van der Waals surface area contributed by atoms with Crippen LogP contribution in [0.5, 0.6) is 17.2 Å². The summed E-state index contributed by atoms with van der Waals surface area (Å²) in [4.78, 5) is 27.9. The number of phenols is 1. The molecule has 2 heterocycles. The number of fused-ring (bicyclic) bond motifs is 1. The Morgan fingerprint density at radius 3 is 2.28 bits per heavy atom. The average Bonchev–Trinajstić information content (AvgIpc) is 3.25. The molecule has 1 unspecified atom stereocenters. The van der Waals surface area contributed by atoms with Crippen LogP contribution in [0.15, 0.2) is 42.5 Å². The normalized spacial score (nSPS) is 18.4. The van der Waals surface area contributed by atoms with Crippen LogP contribution >= 0.6 is 22.9 Å². The molecule has 190 valence electrons. The van der Waals surface area contributed by atoms with Gasteiger partial charge in [-0.05, 0) is 50.1 Å². The third-order valence-corrected chi connectivity index (χ3v) is 7.96. The highest BCUT2D eigenvalue weighted by molar-refractivity contribution is 7.18. The van der Waals surface area contributed by atoms with Gasteiger partial charge in [-0.3, -0.25) is 9.59 Å². The van der Waals surface area contributed by atoms with Crippen LogP contribution in [0.2, 0.25) is 4.34 Å². The Kier molecular flexibility index (Phi) is 6.70. The van der Waals surface area contributed by atoms with Gasteiger partial charge < -0.3 is 24.8 Å². The van der Waals surface area contributed by atoms with Gasteiger partial charge in [-0.2, -0.15) is 0 Å². The van der Waals surface area contributed by atoms with E-state index in [-0.39, 0.29) is 23.1 Å². The highest BCUT2D eigenvalue weighted by Crippen LogP contribution is 2.57. The second-order valence-corrected chi connectivity index (χ2v) is 11.4. The molecule has 7 nitrogen and oxygen atoms in total. The standard InChI is InChI=1S/C27H29ClN2O5S/c1-15(31)30-18-13-19(35-6)23(29-25(33)20-11-12-21(28)36-20)24(32)22(18)27(4,14-26(30,2)3)16-7-9-17(34-5)10-8-16/h7-13,32H,14H2,1-6H3,(H,29,33). The van der Waals surface area contributed by atoms with E-state index in [2.05, 4.69) is 5.32 Å². The van der Waals surface area contributed by atoms with E-state index in [0.717, 1.165) is 16.9 Å². The number of anilines is 2. The summed E-state index contributed by atoms with van der Waals surface area (Å²) in [7, 11) is 3.06. The third-order valence-electron chi connectivity index (χ3n) is 6.73. The minimum atomic E-state index is -0.709. The number of nitrogens with one attached hydrogen (secondary N) is 1. The number of amides is 2. The van der Waals surface area contributed by atoms with E-state index in [1.165, 1.54) is 14.0 Å². The molecule has 1 aromatic heterocycles. The molecule has 2 N–H and O–H groups in total. The number of rotatable bonds is 5. The predicted octanol–water partition coefficient (Wildman–Crippen LogP) is 6.22. The maximum atomic E-state index is 13.0. The third kappa shape index (κ3) is 4.29. The first-order valence-corrected chi connectivity index (χ1v) is 12.6. The summed E-state index contributed by atoms with van der Waals surface area (Å²) in [5.74, 6) is 0.212. The lowest BCUT2D eigenvalue weighted by Crippen LogP contribution is -2.55. The quantitative estimate of drug-likeness (QED) is 0.384. The van der Waals surface area contributed by atoms with Crippen molar-refractivity contribution in [3.8, 4) is 17.2 Å². The first-order valence-electron chi connectivity index (χ1n) is 11.4. The second kappa shape index (κ2) is 9.33. The number of carbonyl (C=O) groups excluding carboxylic acids is 2. The Bertz CT molecular complexity index is 1330. The summed E-state index contributed by atoms with van der Waals surface area (Å²) < 4.78 is 11.4. The number of benzene rings is 2. The van der Waals surface area contributed by atoms with Gasteiger partial charge in [0.15, 0.2) is 0 Å². The molecule has 0 spiro atoms. The van der Waals surface area contributed by atoms with Gasteiger partial charge in [0.05, 0.1) is 29.1 Å². The van der Waals surface area contributed by atoms with Gasteiger partial charge in [-0.1, -0.05) is 30.7 Å². The number of aromatic hydroxyl groups is 1. The number of phenolic OH excluding ortho intramolecular Hbond substituents is 1. The van der Waals surface area contributed by atoms with Crippen molar-refractivity contribution in [1.29, 1.82) is 0 Å². The van der Waals surface area contributed by atoms with Crippen LogP contribution in [0.3, 0.4) is 0 Å². The van der Waals surface area contributed by atoms with Crippen LogP contribution in [-0.2, 0) is 10.2 Å². The van der Waals surface area contributed by atoms with Crippen LogP contribution in [0.4, 0.5) is 11.4 Å². The first-order chi connectivity index (χ1) is 16.9. The summed E-state index contributed by atoms with van der Waals surface area (Å²) in [6.07, 6.45) is 0.521. The molecule has 0 fully saturated rings. The zero-order chi connectivity index (χ0) is 26.4. The minimum Gasteiger partial charge on any atom is -0.505 e. The Morgan fingerprint density at radius 1 is 1.08 bits per heavy atom. The fraction of sp³-hybridized carbons (Fsp3) is 0.333. The molecule has 1 aliphatic rings. The summed E-state index contributed by atoms with van der Waals surface area (Å²) >= 11 is 7.14. The number of halogens is 1. The molecular formula is C27H29ClN2O5S. The Balaban J connectivity index is 1.97. The number of thiophene rings is 1. The van der Waals surface area contributed by atoms with E-state index in [9.17, 15) is 14.7 Å². The molecule has 1 atom stereocenters. The van der Waals surface area contributed by atoms with Crippen LogP contribution in [0.25, 0.3) is 0 Å². The molecule has 2 aromatic carbocycles. The Labute approximate surface area is 219 Å². The van der Waals surface area contributed by atoms with E-state index in [4.69, 9.17) is 21.1 Å². The highest BCUT2D eigenvalue weighted by Gasteiger charge is 2.49. The molecular weight excluding hydrogens is 500 g/mol. The zero-order valence-corrected chi connectivity index (χ0v) is 22.6. The molecule has 0 bridgehead atoms. The lowest BCUT2D eigenvalue weighted by molar-refractivity contribution is -0.117. The highest BCUT2D eigenvalue weighted by atomic mass is 35.5. The zero-order valence-electron chi connectivity index (χ0n) is 21.1. The van der Waals surface area contributed by atoms with Gasteiger partial charge in [0.2, 0.25) is 5.91 Å². The predicted molar refractivity (Wildman–Crippen MR) is 143 cm³/mol. The van der Waals surface area contributed by atoms with Crippen molar-refractivity contribution in [3.05, 3.63) is 62.8 Å². The number of hydrogen-bond donors (Lipinski definition) is 2. The van der Waals surface area contributed by atoms with Crippen molar-refractivity contribution in [3.63, 3.8) is 0 Å². The number of ether oxygens (including phenoxy) is 2. The molecule has 0 radical (unpaired) electrons. The second-order valence-electron chi connectivity index (χ2n) is 9.66. The van der Waals surface area contributed by atoms with Crippen molar-refractivity contribution in [1.82, 2.24) is 0 Å². The molecule has 36 heavy (non-hydrogen) atoms. The minimum absolute atomic E-state index is 0.133. The maximum Gasteiger partial charge on any atom is 0.265 e. The first kappa shape index (κ1) is 25.9. The average molecular weight is 529 g/mol. The number of hydrogen-bond acceptors (Lipinski definition) is 6.